The summed E-state index contributed by atoms with van der Waals surface area (Å²) in [5.41, 5.74) is 3.61. The third-order valence-electron chi connectivity index (χ3n) is 3.65. The molecule has 5 heteroatoms. The molecule has 0 aliphatic carbocycles. The summed E-state index contributed by atoms with van der Waals surface area (Å²) in [4.78, 5) is 12.5. The minimum absolute atomic E-state index is 0.256. The minimum Gasteiger partial charge on any atom is -0.626 e. The van der Waals surface area contributed by atoms with Crippen molar-refractivity contribution in [3.63, 3.8) is 0 Å². The topological polar surface area (TPSA) is 61.7 Å². The van der Waals surface area contributed by atoms with E-state index in [1.54, 1.807) is 13.0 Å². The molecule has 0 spiro atoms. The van der Waals surface area contributed by atoms with Crippen LogP contribution in [0.5, 0.6) is 0 Å². The molecule has 114 valence electrons. The van der Waals surface area contributed by atoms with Crippen molar-refractivity contribution in [1.82, 2.24) is 0 Å². The lowest BCUT2D eigenvalue weighted by Gasteiger charge is -2.29. The molecule has 1 aromatic rings. The first-order valence-electron chi connectivity index (χ1n) is 6.88. The molecule has 1 aliphatic rings. The number of rotatable bonds is 2. The van der Waals surface area contributed by atoms with Crippen LogP contribution in [0.25, 0.3) is 0 Å². The van der Waals surface area contributed by atoms with E-state index in [1.165, 1.54) is 7.11 Å². The van der Waals surface area contributed by atoms with Crippen molar-refractivity contribution >= 4 is 16.1 Å². The third kappa shape index (κ3) is 2.94. The van der Waals surface area contributed by atoms with Crippen molar-refractivity contribution in [3.05, 3.63) is 40.5 Å². The molecular formula is C16H21NO3S. The van der Waals surface area contributed by atoms with Crippen LogP contribution in [0.2, 0.25) is 0 Å². The molecule has 2 rings (SSSR count). The fourth-order valence-electron chi connectivity index (χ4n) is 2.91. The van der Waals surface area contributed by atoms with E-state index in [0.29, 0.717) is 5.57 Å². The second-order valence-corrected chi connectivity index (χ2v) is 7.70. The Kier molecular flexibility index (Phi) is 4.35. The Hall–Kier alpha value is -1.46. The van der Waals surface area contributed by atoms with Crippen LogP contribution in [-0.2, 0) is 19.6 Å². The first-order chi connectivity index (χ1) is 9.78. The lowest BCUT2D eigenvalue weighted by Crippen LogP contribution is -2.28. The maximum Gasteiger partial charge on any atom is 0.335 e. The molecule has 0 N–H and O–H groups in total. The van der Waals surface area contributed by atoms with Crippen LogP contribution in [0, 0.1) is 20.8 Å². The van der Waals surface area contributed by atoms with Crippen molar-refractivity contribution in [2.45, 2.75) is 38.6 Å². The average molecular weight is 307 g/mol. The van der Waals surface area contributed by atoms with E-state index in [-0.39, 0.29) is 5.75 Å². The van der Waals surface area contributed by atoms with Gasteiger partial charge in [0.1, 0.15) is 16.7 Å². The lowest BCUT2D eigenvalue weighted by atomic mass is 10.1. The maximum atomic E-state index is 13.3. The SMILES string of the molecule is COC(=O)C1=CC[S+]([O-])(c2c(C)cc(C)cc2C)=N[C@H]1C. The minimum atomic E-state index is -2.53. The quantitative estimate of drug-likeness (QED) is 0.623. The zero-order valence-electron chi connectivity index (χ0n) is 13.1. The van der Waals surface area contributed by atoms with Crippen LogP contribution < -0.4 is 0 Å². The number of nitrogens with zero attached hydrogens (tertiary/aromatic N) is 1. The monoisotopic (exact) mass is 307 g/mol. The van der Waals surface area contributed by atoms with Gasteiger partial charge in [0.25, 0.3) is 0 Å². The normalized spacial score (nSPS) is 25.0. The zero-order chi connectivity index (χ0) is 15.8. The van der Waals surface area contributed by atoms with Crippen LogP contribution >= 0.6 is 0 Å². The van der Waals surface area contributed by atoms with Crippen LogP contribution in [0.3, 0.4) is 0 Å². The van der Waals surface area contributed by atoms with Gasteiger partial charge in [-0.3, -0.25) is 0 Å². The Morgan fingerprint density at radius 1 is 1.33 bits per heavy atom. The average Bonchev–Trinajstić information content (AvgIpc) is 2.36. The molecule has 4 nitrogen and oxygen atoms in total. The first-order valence-corrected chi connectivity index (χ1v) is 8.57. The highest BCUT2D eigenvalue weighted by molar-refractivity contribution is 8.00. The molecule has 1 aliphatic heterocycles. The molecule has 0 fully saturated rings. The smallest absolute Gasteiger partial charge is 0.335 e. The molecule has 1 aromatic carbocycles. The van der Waals surface area contributed by atoms with E-state index in [1.807, 2.05) is 32.9 Å². The van der Waals surface area contributed by atoms with E-state index in [0.717, 1.165) is 21.6 Å². The highest BCUT2D eigenvalue weighted by Gasteiger charge is 2.31. The molecule has 0 saturated carbocycles. The van der Waals surface area contributed by atoms with Crippen molar-refractivity contribution in [3.8, 4) is 0 Å². The van der Waals surface area contributed by atoms with Gasteiger partial charge in [-0.25, -0.2) is 4.79 Å². The summed E-state index contributed by atoms with van der Waals surface area (Å²) in [5.74, 6) is -0.142. The summed E-state index contributed by atoms with van der Waals surface area (Å²) >= 11 is 0. The summed E-state index contributed by atoms with van der Waals surface area (Å²) in [6.07, 6.45) is 1.71. The Bertz CT molecular complexity index is 653. The number of benzene rings is 1. The third-order valence-corrected chi connectivity index (χ3v) is 6.21. The van der Waals surface area contributed by atoms with Gasteiger partial charge >= 0.3 is 5.97 Å². The standard InChI is InChI=1S/C16H21NO3S/c1-10-8-11(2)15(12(3)9-10)21(19)7-6-14(13(4)17-21)16(18)20-5/h6,8-9,13H,7H2,1-5H3/t13-,21?/m0/s1. The van der Waals surface area contributed by atoms with Gasteiger partial charge in [0, 0.05) is 11.1 Å². The number of esters is 1. The summed E-state index contributed by atoms with van der Waals surface area (Å²) in [6.45, 7) is 7.72. The number of hydrogen-bond acceptors (Lipinski definition) is 4. The van der Waals surface area contributed by atoms with Gasteiger partial charge in [0.2, 0.25) is 0 Å². The number of carbonyl (C=O) groups is 1. The van der Waals surface area contributed by atoms with Gasteiger partial charge in [0.05, 0.1) is 12.7 Å². The molecule has 2 atom stereocenters. The highest BCUT2D eigenvalue weighted by Crippen LogP contribution is 2.32. The molecule has 1 unspecified atom stereocenters. The Morgan fingerprint density at radius 2 is 1.90 bits per heavy atom. The second kappa shape index (κ2) is 5.73. The number of aryl methyl sites for hydroxylation is 3. The molecule has 0 amide bonds. The van der Waals surface area contributed by atoms with Gasteiger partial charge in [0.15, 0.2) is 0 Å². The van der Waals surface area contributed by atoms with Gasteiger partial charge < -0.3 is 9.29 Å². The Labute approximate surface area is 127 Å². The zero-order valence-corrected chi connectivity index (χ0v) is 13.9. The van der Waals surface area contributed by atoms with Crippen LogP contribution in [0.4, 0.5) is 0 Å². The Balaban J connectivity index is 2.49. The molecule has 0 bridgehead atoms. The molecule has 21 heavy (non-hydrogen) atoms. The van der Waals surface area contributed by atoms with E-state index >= 15 is 0 Å². The van der Waals surface area contributed by atoms with Crippen molar-refractivity contribution < 1.29 is 14.1 Å². The fourth-order valence-corrected chi connectivity index (χ4v) is 5.42. The molecule has 0 radical (unpaired) electrons. The number of methoxy groups -OCH3 is 1. The lowest BCUT2D eigenvalue weighted by molar-refractivity contribution is -0.136. The maximum absolute atomic E-state index is 13.3. The van der Waals surface area contributed by atoms with E-state index in [9.17, 15) is 9.35 Å². The van der Waals surface area contributed by atoms with E-state index < -0.39 is 22.1 Å². The van der Waals surface area contributed by atoms with Crippen molar-refractivity contribution in [2.75, 3.05) is 12.9 Å². The van der Waals surface area contributed by atoms with Gasteiger partial charge in [-0.05, 0) is 43.9 Å². The van der Waals surface area contributed by atoms with Crippen LogP contribution in [0.15, 0.2) is 33.0 Å². The molecule has 1 heterocycles. The predicted octanol–water partition coefficient (Wildman–Crippen LogP) is 2.94. The van der Waals surface area contributed by atoms with Crippen molar-refractivity contribution in [1.29, 1.82) is 0 Å². The first kappa shape index (κ1) is 15.9. The number of hydrogen-bond donors (Lipinski definition) is 0. The van der Waals surface area contributed by atoms with E-state index in [2.05, 4.69) is 4.36 Å². The predicted molar refractivity (Wildman–Crippen MR) is 83.9 cm³/mol. The van der Waals surface area contributed by atoms with Crippen LogP contribution in [0.1, 0.15) is 23.6 Å². The van der Waals surface area contributed by atoms with Gasteiger partial charge in [-0.15, -0.1) is 4.36 Å². The van der Waals surface area contributed by atoms with Gasteiger partial charge in [-0.2, -0.15) is 0 Å². The van der Waals surface area contributed by atoms with Crippen molar-refractivity contribution in [2.24, 2.45) is 4.36 Å². The number of ether oxygens (including phenoxy) is 1. The van der Waals surface area contributed by atoms with Gasteiger partial charge in [-0.1, -0.05) is 17.7 Å². The summed E-state index contributed by atoms with van der Waals surface area (Å²) in [7, 11) is -1.19. The van der Waals surface area contributed by atoms with E-state index in [4.69, 9.17) is 4.74 Å². The summed E-state index contributed by atoms with van der Waals surface area (Å²) < 4.78 is 22.4. The van der Waals surface area contributed by atoms with Crippen LogP contribution in [-0.4, -0.2) is 29.4 Å². The summed E-state index contributed by atoms with van der Waals surface area (Å²) in [6, 6.07) is 3.63. The molecular weight excluding hydrogens is 286 g/mol. The fraction of sp³-hybridized carbons (Fsp3) is 0.438. The molecule has 0 aromatic heterocycles. The Morgan fingerprint density at radius 3 is 2.38 bits per heavy atom. The second-order valence-electron chi connectivity index (χ2n) is 5.47. The highest BCUT2D eigenvalue weighted by atomic mass is 32.3. The summed E-state index contributed by atoms with van der Waals surface area (Å²) in [5, 5.41) is 0. The largest absolute Gasteiger partial charge is 0.626 e. The molecule has 0 saturated heterocycles. The number of carbonyl (C=O) groups excluding carboxylic acids is 1.